The Bertz CT molecular complexity index is 719. The van der Waals surface area contributed by atoms with Crippen molar-refractivity contribution in [3.63, 3.8) is 0 Å². The van der Waals surface area contributed by atoms with Crippen LogP contribution in [0.2, 0.25) is 5.02 Å². The molecule has 0 saturated carbocycles. The van der Waals surface area contributed by atoms with Crippen molar-refractivity contribution in [2.24, 2.45) is 0 Å². The summed E-state index contributed by atoms with van der Waals surface area (Å²) in [6, 6.07) is 9.04. The van der Waals surface area contributed by atoms with E-state index < -0.39 is 23.8 Å². The summed E-state index contributed by atoms with van der Waals surface area (Å²) in [5.74, 6) is -1.43. The average molecular weight is 352 g/mol. The smallest absolute Gasteiger partial charge is 0.279 e. The lowest BCUT2D eigenvalue weighted by Crippen LogP contribution is -2.51. The molecule has 1 heterocycles. The number of thiophene rings is 1. The van der Waals surface area contributed by atoms with Crippen LogP contribution in [-0.2, 0) is 4.79 Å². The minimum Gasteiger partial charge on any atom is -0.340 e. The largest absolute Gasteiger partial charge is 0.340 e. The summed E-state index contributed by atoms with van der Waals surface area (Å²) in [5, 5.41) is 4.56. The van der Waals surface area contributed by atoms with Crippen LogP contribution in [0.5, 0.6) is 0 Å². The van der Waals surface area contributed by atoms with Crippen LogP contribution in [-0.4, -0.2) is 23.8 Å². The average Bonchev–Trinajstić information content (AvgIpc) is 3.07. The zero-order chi connectivity index (χ0) is 16.8. The third kappa shape index (κ3) is 4.54. The normalized spacial score (nSPS) is 11.4. The first-order valence-electron chi connectivity index (χ1n) is 6.68. The van der Waals surface area contributed by atoms with Crippen molar-refractivity contribution < 1.29 is 14.4 Å². The minimum absolute atomic E-state index is 0.274. The van der Waals surface area contributed by atoms with Crippen LogP contribution in [0, 0.1) is 0 Å². The molecule has 0 bridgehead atoms. The van der Waals surface area contributed by atoms with E-state index in [1.165, 1.54) is 18.3 Å². The van der Waals surface area contributed by atoms with Gasteiger partial charge in [0.25, 0.3) is 17.7 Å². The SMILES string of the molecule is C[C@H](NC(=O)c1ccccc1Cl)C(=O)NNC(=O)c1cccs1. The Morgan fingerprint density at radius 3 is 2.43 bits per heavy atom. The number of hydrogen-bond acceptors (Lipinski definition) is 4. The van der Waals surface area contributed by atoms with Crippen molar-refractivity contribution in [3.8, 4) is 0 Å². The predicted molar refractivity (Wildman–Crippen MR) is 88.3 cm³/mol. The highest BCUT2D eigenvalue weighted by molar-refractivity contribution is 7.12. The maximum Gasteiger partial charge on any atom is 0.279 e. The molecule has 120 valence electrons. The van der Waals surface area contributed by atoms with Gasteiger partial charge in [0.15, 0.2) is 0 Å². The quantitative estimate of drug-likeness (QED) is 0.736. The maximum atomic E-state index is 12.0. The van der Waals surface area contributed by atoms with E-state index in [9.17, 15) is 14.4 Å². The second-order valence-electron chi connectivity index (χ2n) is 4.60. The number of amides is 3. The molecular weight excluding hydrogens is 338 g/mol. The fourth-order valence-electron chi connectivity index (χ4n) is 1.68. The van der Waals surface area contributed by atoms with Gasteiger partial charge < -0.3 is 5.32 Å². The predicted octanol–water partition coefficient (Wildman–Crippen LogP) is 1.98. The molecule has 2 aromatic rings. The Balaban J connectivity index is 1.86. The number of carbonyl (C=O) groups is 3. The van der Waals surface area contributed by atoms with Crippen LogP contribution >= 0.6 is 22.9 Å². The molecule has 0 fully saturated rings. The Morgan fingerprint density at radius 2 is 1.78 bits per heavy atom. The van der Waals surface area contributed by atoms with E-state index in [-0.39, 0.29) is 5.56 Å². The van der Waals surface area contributed by atoms with Crippen LogP contribution in [0.25, 0.3) is 0 Å². The maximum absolute atomic E-state index is 12.0. The molecule has 8 heteroatoms. The van der Waals surface area contributed by atoms with Gasteiger partial charge in [0.1, 0.15) is 6.04 Å². The van der Waals surface area contributed by atoms with Gasteiger partial charge in [-0.25, -0.2) is 0 Å². The number of nitrogens with one attached hydrogen (secondary N) is 3. The first-order chi connectivity index (χ1) is 11.0. The monoisotopic (exact) mass is 351 g/mol. The van der Waals surface area contributed by atoms with Gasteiger partial charge in [-0.2, -0.15) is 0 Å². The lowest BCUT2D eigenvalue weighted by atomic mass is 10.2. The fourth-order valence-corrected chi connectivity index (χ4v) is 2.52. The second kappa shape index (κ2) is 7.75. The molecule has 1 aromatic carbocycles. The Kier molecular flexibility index (Phi) is 5.72. The van der Waals surface area contributed by atoms with Crippen LogP contribution in [0.1, 0.15) is 27.0 Å². The second-order valence-corrected chi connectivity index (χ2v) is 5.95. The van der Waals surface area contributed by atoms with Crippen LogP contribution in [0.3, 0.4) is 0 Å². The van der Waals surface area contributed by atoms with Gasteiger partial charge in [-0.15, -0.1) is 11.3 Å². The van der Waals surface area contributed by atoms with E-state index in [0.717, 1.165) is 0 Å². The van der Waals surface area contributed by atoms with Crippen molar-refractivity contribution in [2.75, 3.05) is 0 Å². The molecule has 0 unspecified atom stereocenters. The van der Waals surface area contributed by atoms with Gasteiger partial charge in [0.2, 0.25) is 0 Å². The van der Waals surface area contributed by atoms with Gasteiger partial charge in [0, 0.05) is 0 Å². The van der Waals surface area contributed by atoms with Crippen molar-refractivity contribution in [1.82, 2.24) is 16.2 Å². The number of hydrogen-bond donors (Lipinski definition) is 3. The standard InChI is InChI=1S/C15H14ClN3O3S/c1-9(17-14(21)10-5-2-3-6-11(10)16)13(20)18-19-15(22)12-7-4-8-23-12/h2-9H,1H3,(H,17,21)(H,18,20)(H,19,22)/t9-/m0/s1. The van der Waals surface area contributed by atoms with Gasteiger partial charge in [-0.05, 0) is 30.5 Å². The van der Waals surface area contributed by atoms with E-state index in [2.05, 4.69) is 16.2 Å². The first-order valence-corrected chi connectivity index (χ1v) is 7.94. The van der Waals surface area contributed by atoms with Gasteiger partial charge >= 0.3 is 0 Å². The lowest BCUT2D eigenvalue weighted by molar-refractivity contribution is -0.123. The topological polar surface area (TPSA) is 87.3 Å². The molecule has 0 aliphatic rings. The number of hydrazine groups is 1. The zero-order valence-electron chi connectivity index (χ0n) is 12.1. The number of rotatable bonds is 4. The van der Waals surface area contributed by atoms with Crippen LogP contribution in [0.15, 0.2) is 41.8 Å². The van der Waals surface area contributed by atoms with Crippen molar-refractivity contribution >= 4 is 40.7 Å². The van der Waals surface area contributed by atoms with Crippen molar-refractivity contribution in [1.29, 1.82) is 0 Å². The summed E-state index contributed by atoms with van der Waals surface area (Å²) in [7, 11) is 0. The third-order valence-corrected chi connectivity index (χ3v) is 4.10. The van der Waals surface area contributed by atoms with Gasteiger partial charge in [-0.1, -0.05) is 29.8 Å². The van der Waals surface area contributed by atoms with Gasteiger partial charge in [-0.3, -0.25) is 25.2 Å². The highest BCUT2D eigenvalue weighted by Crippen LogP contribution is 2.14. The molecule has 0 aliphatic carbocycles. The summed E-state index contributed by atoms with van der Waals surface area (Å²) in [6.07, 6.45) is 0. The Hall–Kier alpha value is -2.38. The summed E-state index contributed by atoms with van der Waals surface area (Å²) in [4.78, 5) is 36.1. The molecule has 1 atom stereocenters. The Morgan fingerprint density at radius 1 is 1.04 bits per heavy atom. The van der Waals surface area contributed by atoms with E-state index in [1.54, 1.807) is 41.8 Å². The van der Waals surface area contributed by atoms with Crippen LogP contribution in [0.4, 0.5) is 0 Å². The molecule has 2 rings (SSSR count). The highest BCUT2D eigenvalue weighted by atomic mass is 35.5. The molecule has 0 aliphatic heterocycles. The molecule has 23 heavy (non-hydrogen) atoms. The van der Waals surface area contributed by atoms with E-state index in [0.29, 0.717) is 9.90 Å². The molecule has 1 aromatic heterocycles. The Labute approximate surface area is 141 Å². The molecule has 0 saturated heterocycles. The minimum atomic E-state index is -0.845. The van der Waals surface area contributed by atoms with Crippen LogP contribution < -0.4 is 16.2 Å². The number of halogens is 1. The molecule has 0 radical (unpaired) electrons. The molecule has 3 N–H and O–H groups in total. The fraction of sp³-hybridized carbons (Fsp3) is 0.133. The van der Waals surface area contributed by atoms with E-state index in [1.807, 2.05) is 0 Å². The molecular formula is C15H14ClN3O3S. The van der Waals surface area contributed by atoms with Crippen molar-refractivity contribution in [2.45, 2.75) is 13.0 Å². The molecule has 6 nitrogen and oxygen atoms in total. The first kappa shape index (κ1) is 17.0. The van der Waals surface area contributed by atoms with Crippen molar-refractivity contribution in [3.05, 3.63) is 57.2 Å². The summed E-state index contributed by atoms with van der Waals surface area (Å²) in [5.41, 5.74) is 4.82. The molecule has 0 spiro atoms. The van der Waals surface area contributed by atoms with E-state index >= 15 is 0 Å². The highest BCUT2D eigenvalue weighted by Gasteiger charge is 2.18. The summed E-state index contributed by atoms with van der Waals surface area (Å²) >= 11 is 7.18. The van der Waals surface area contributed by atoms with E-state index in [4.69, 9.17) is 11.6 Å². The number of benzene rings is 1. The summed E-state index contributed by atoms with van der Waals surface area (Å²) < 4.78 is 0. The molecule has 3 amide bonds. The number of carbonyl (C=O) groups excluding carboxylic acids is 3. The van der Waals surface area contributed by atoms with Gasteiger partial charge in [0.05, 0.1) is 15.5 Å². The third-order valence-electron chi connectivity index (χ3n) is 2.90. The summed E-state index contributed by atoms with van der Waals surface area (Å²) in [6.45, 7) is 1.50. The lowest BCUT2D eigenvalue weighted by Gasteiger charge is -2.14. The zero-order valence-corrected chi connectivity index (χ0v) is 13.7.